The summed E-state index contributed by atoms with van der Waals surface area (Å²) in [5, 5.41) is 0. The predicted octanol–water partition coefficient (Wildman–Crippen LogP) is 4.01. The molecule has 0 unspecified atom stereocenters. The van der Waals surface area contributed by atoms with Crippen LogP contribution < -0.4 is 5.73 Å². The SMILES string of the molecule is N[C@@H](c1cc(I)ccc1F)C1CCCCC1. The Balaban J connectivity index is 2.18. The minimum absolute atomic E-state index is 0.130. The van der Waals surface area contributed by atoms with Crippen molar-refractivity contribution in [1.29, 1.82) is 0 Å². The van der Waals surface area contributed by atoms with Crippen LogP contribution in [0.2, 0.25) is 0 Å². The Morgan fingerprint density at radius 1 is 1.25 bits per heavy atom. The molecule has 88 valence electrons. The third kappa shape index (κ3) is 2.74. The molecule has 0 saturated heterocycles. The zero-order chi connectivity index (χ0) is 11.5. The lowest BCUT2D eigenvalue weighted by molar-refractivity contribution is 0.303. The smallest absolute Gasteiger partial charge is 0.128 e. The molecule has 1 nitrogen and oxygen atoms in total. The van der Waals surface area contributed by atoms with Crippen LogP contribution in [-0.2, 0) is 0 Å². The highest BCUT2D eigenvalue weighted by atomic mass is 127. The minimum Gasteiger partial charge on any atom is -0.324 e. The Bertz CT molecular complexity index is 361. The van der Waals surface area contributed by atoms with Gasteiger partial charge in [-0.1, -0.05) is 19.3 Å². The van der Waals surface area contributed by atoms with Crippen molar-refractivity contribution in [3.05, 3.63) is 33.1 Å². The van der Waals surface area contributed by atoms with Crippen LogP contribution in [0.25, 0.3) is 0 Å². The maximum atomic E-state index is 13.7. The maximum Gasteiger partial charge on any atom is 0.128 e. The van der Waals surface area contributed by atoms with Gasteiger partial charge in [0.2, 0.25) is 0 Å². The molecule has 1 atom stereocenters. The van der Waals surface area contributed by atoms with Crippen LogP contribution in [0.1, 0.15) is 43.7 Å². The fraction of sp³-hybridized carbons (Fsp3) is 0.538. The van der Waals surface area contributed by atoms with Crippen molar-refractivity contribution < 1.29 is 4.39 Å². The highest BCUT2D eigenvalue weighted by molar-refractivity contribution is 14.1. The standard InChI is InChI=1S/C13H17FIN/c14-12-7-6-10(15)8-11(12)13(16)9-4-2-1-3-5-9/h6-9,13H,1-5,16H2/t13-/m1/s1. The van der Waals surface area contributed by atoms with Crippen molar-refractivity contribution in [2.75, 3.05) is 0 Å². The molecule has 1 aromatic rings. The molecule has 0 spiro atoms. The topological polar surface area (TPSA) is 26.0 Å². The second kappa shape index (κ2) is 5.45. The van der Waals surface area contributed by atoms with Gasteiger partial charge in [0, 0.05) is 15.2 Å². The average molecular weight is 333 g/mol. The molecule has 1 saturated carbocycles. The Hall–Kier alpha value is -0.160. The van der Waals surface area contributed by atoms with E-state index in [1.165, 1.54) is 25.3 Å². The van der Waals surface area contributed by atoms with Crippen molar-refractivity contribution in [3.8, 4) is 0 Å². The number of hydrogen-bond donors (Lipinski definition) is 1. The second-order valence-corrected chi connectivity index (χ2v) is 5.84. The van der Waals surface area contributed by atoms with E-state index in [1.54, 1.807) is 6.07 Å². The summed E-state index contributed by atoms with van der Waals surface area (Å²) in [5.74, 6) is 0.305. The van der Waals surface area contributed by atoms with E-state index in [4.69, 9.17) is 5.73 Å². The highest BCUT2D eigenvalue weighted by Crippen LogP contribution is 2.34. The molecular weight excluding hydrogens is 316 g/mol. The molecule has 0 aromatic heterocycles. The summed E-state index contributed by atoms with van der Waals surface area (Å²) in [6.45, 7) is 0. The lowest BCUT2D eigenvalue weighted by Crippen LogP contribution is -2.24. The van der Waals surface area contributed by atoms with Gasteiger partial charge in [-0.25, -0.2) is 4.39 Å². The quantitative estimate of drug-likeness (QED) is 0.813. The molecule has 0 aliphatic heterocycles. The van der Waals surface area contributed by atoms with Gasteiger partial charge in [0.25, 0.3) is 0 Å². The van der Waals surface area contributed by atoms with Crippen molar-refractivity contribution >= 4 is 22.6 Å². The fourth-order valence-corrected chi connectivity index (χ4v) is 3.03. The molecule has 0 radical (unpaired) electrons. The molecule has 0 heterocycles. The molecule has 3 heteroatoms. The molecule has 1 fully saturated rings. The molecule has 16 heavy (non-hydrogen) atoms. The van der Waals surface area contributed by atoms with E-state index < -0.39 is 0 Å². The van der Waals surface area contributed by atoms with E-state index in [2.05, 4.69) is 22.6 Å². The van der Waals surface area contributed by atoms with E-state index >= 15 is 0 Å². The summed E-state index contributed by atoms with van der Waals surface area (Å²) >= 11 is 2.20. The minimum atomic E-state index is -0.154. The highest BCUT2D eigenvalue weighted by Gasteiger charge is 2.23. The third-order valence-corrected chi connectivity index (χ3v) is 4.15. The molecule has 0 amide bonds. The normalized spacial score (nSPS) is 19.7. The lowest BCUT2D eigenvalue weighted by Gasteiger charge is -2.28. The fourth-order valence-electron chi connectivity index (χ4n) is 2.52. The van der Waals surface area contributed by atoms with Gasteiger partial charge in [-0.05, 0) is 59.5 Å². The summed E-state index contributed by atoms with van der Waals surface area (Å²) in [5.41, 5.74) is 6.89. The zero-order valence-electron chi connectivity index (χ0n) is 9.26. The van der Waals surface area contributed by atoms with E-state index in [0.717, 1.165) is 16.4 Å². The van der Waals surface area contributed by atoms with Crippen LogP contribution in [0.5, 0.6) is 0 Å². The molecule has 2 N–H and O–H groups in total. The first-order valence-electron chi connectivity index (χ1n) is 5.89. The first kappa shape index (κ1) is 12.3. The predicted molar refractivity (Wildman–Crippen MR) is 72.6 cm³/mol. The van der Waals surface area contributed by atoms with Gasteiger partial charge in [-0.3, -0.25) is 0 Å². The van der Waals surface area contributed by atoms with Crippen LogP contribution in [0.15, 0.2) is 18.2 Å². The number of benzene rings is 1. The van der Waals surface area contributed by atoms with Gasteiger partial charge in [0.1, 0.15) is 5.82 Å². The van der Waals surface area contributed by atoms with E-state index in [0.29, 0.717) is 11.5 Å². The van der Waals surface area contributed by atoms with Crippen LogP contribution in [-0.4, -0.2) is 0 Å². The summed E-state index contributed by atoms with van der Waals surface area (Å²) in [4.78, 5) is 0. The van der Waals surface area contributed by atoms with Crippen molar-refractivity contribution in [1.82, 2.24) is 0 Å². The van der Waals surface area contributed by atoms with E-state index in [9.17, 15) is 4.39 Å². The van der Waals surface area contributed by atoms with Crippen LogP contribution >= 0.6 is 22.6 Å². The molecule has 1 aliphatic carbocycles. The summed E-state index contributed by atoms with van der Waals surface area (Å²) in [7, 11) is 0. The zero-order valence-corrected chi connectivity index (χ0v) is 11.4. The molecular formula is C13H17FIN. The first-order chi connectivity index (χ1) is 7.68. The van der Waals surface area contributed by atoms with Gasteiger partial charge < -0.3 is 5.73 Å². The first-order valence-corrected chi connectivity index (χ1v) is 6.97. The van der Waals surface area contributed by atoms with Crippen molar-refractivity contribution in [3.63, 3.8) is 0 Å². The lowest BCUT2D eigenvalue weighted by atomic mass is 9.81. The maximum absolute atomic E-state index is 13.7. The van der Waals surface area contributed by atoms with Gasteiger partial charge in [-0.2, -0.15) is 0 Å². The van der Waals surface area contributed by atoms with Crippen molar-refractivity contribution in [2.45, 2.75) is 38.1 Å². The number of hydrogen-bond acceptors (Lipinski definition) is 1. The Labute approximate surface area is 110 Å². The number of rotatable bonds is 2. The van der Waals surface area contributed by atoms with Crippen LogP contribution in [0.3, 0.4) is 0 Å². The molecule has 0 bridgehead atoms. The van der Waals surface area contributed by atoms with Gasteiger partial charge in [0.05, 0.1) is 0 Å². The Kier molecular flexibility index (Phi) is 4.19. The number of halogens is 2. The summed E-state index contributed by atoms with van der Waals surface area (Å²) in [6.07, 6.45) is 6.07. The van der Waals surface area contributed by atoms with Gasteiger partial charge in [0.15, 0.2) is 0 Å². The van der Waals surface area contributed by atoms with Crippen LogP contribution in [0, 0.1) is 15.3 Å². The van der Waals surface area contributed by atoms with E-state index in [1.807, 2.05) is 6.07 Å². The summed E-state index contributed by atoms with van der Waals surface area (Å²) in [6, 6.07) is 5.07. The van der Waals surface area contributed by atoms with E-state index in [-0.39, 0.29) is 11.9 Å². The van der Waals surface area contributed by atoms with Crippen molar-refractivity contribution in [2.24, 2.45) is 11.7 Å². The Morgan fingerprint density at radius 3 is 2.62 bits per heavy atom. The second-order valence-electron chi connectivity index (χ2n) is 4.59. The number of nitrogens with two attached hydrogens (primary N) is 1. The molecule has 1 aliphatic rings. The monoisotopic (exact) mass is 333 g/mol. The largest absolute Gasteiger partial charge is 0.324 e. The summed E-state index contributed by atoms with van der Waals surface area (Å²) < 4.78 is 14.7. The Morgan fingerprint density at radius 2 is 1.94 bits per heavy atom. The third-order valence-electron chi connectivity index (χ3n) is 3.47. The van der Waals surface area contributed by atoms with Crippen LogP contribution in [0.4, 0.5) is 4.39 Å². The average Bonchev–Trinajstić information content (AvgIpc) is 2.32. The molecule has 1 aromatic carbocycles. The van der Waals surface area contributed by atoms with Gasteiger partial charge in [-0.15, -0.1) is 0 Å². The molecule has 2 rings (SSSR count). The van der Waals surface area contributed by atoms with Gasteiger partial charge >= 0.3 is 0 Å².